The van der Waals surface area contributed by atoms with Crippen molar-refractivity contribution in [3.05, 3.63) is 42.5 Å². The minimum atomic E-state index is 0.383. The molecule has 0 aliphatic heterocycles. The number of rotatable bonds is 7. The third-order valence-corrected chi connectivity index (χ3v) is 4.77. The van der Waals surface area contributed by atoms with Gasteiger partial charge in [-0.05, 0) is 30.3 Å². The molecule has 0 spiro atoms. The fourth-order valence-electron chi connectivity index (χ4n) is 2.48. The van der Waals surface area contributed by atoms with Crippen LogP contribution in [0.25, 0.3) is 23.0 Å². The van der Waals surface area contributed by atoms with Gasteiger partial charge in [-0.1, -0.05) is 16.9 Å². The Balaban J connectivity index is 1.47. The highest BCUT2D eigenvalue weighted by molar-refractivity contribution is 7.98. The van der Waals surface area contributed by atoms with Gasteiger partial charge in [-0.15, -0.1) is 10.2 Å². The lowest BCUT2D eigenvalue weighted by molar-refractivity contribution is 0.355. The predicted molar refractivity (Wildman–Crippen MR) is 100 cm³/mol. The lowest BCUT2D eigenvalue weighted by Crippen LogP contribution is -2.11. The number of benzene rings is 1. The first-order valence-electron chi connectivity index (χ1n) is 8.11. The largest absolute Gasteiger partial charge is 0.493 e. The van der Waals surface area contributed by atoms with Crippen molar-refractivity contribution in [1.29, 1.82) is 0 Å². The minimum absolute atomic E-state index is 0.383. The lowest BCUT2D eigenvalue weighted by Gasteiger charge is -2.07. The number of hydrogen-bond acceptors (Lipinski definition) is 10. The zero-order valence-electron chi connectivity index (χ0n) is 15.0. The van der Waals surface area contributed by atoms with E-state index in [9.17, 15) is 0 Å². The highest BCUT2D eigenvalue weighted by Crippen LogP contribution is 2.31. The average Bonchev–Trinajstić information content (AvgIpc) is 3.47. The van der Waals surface area contributed by atoms with Crippen molar-refractivity contribution in [2.75, 3.05) is 20.1 Å². The molecule has 10 nitrogen and oxygen atoms in total. The van der Waals surface area contributed by atoms with Gasteiger partial charge in [0.15, 0.2) is 17.3 Å². The maximum absolute atomic E-state index is 6.03. The number of nitrogens with zero attached hydrogens (tertiary/aromatic N) is 5. The standard InChI is InChI=1S/C17H16N6O4S/c1-24-11-6-5-10(8-13(11)25-2)15-19-14(27-22-15)9-28-17-21-20-16(23(17)18)12-4-3-7-26-12/h3-8H,9,18H2,1-2H3. The van der Waals surface area contributed by atoms with E-state index in [1.54, 1.807) is 44.7 Å². The van der Waals surface area contributed by atoms with Crippen LogP contribution in [0.2, 0.25) is 0 Å². The van der Waals surface area contributed by atoms with Gasteiger partial charge in [0, 0.05) is 5.56 Å². The van der Waals surface area contributed by atoms with Gasteiger partial charge < -0.3 is 24.3 Å². The first-order valence-corrected chi connectivity index (χ1v) is 9.10. The third-order valence-electron chi connectivity index (χ3n) is 3.84. The predicted octanol–water partition coefficient (Wildman–Crippen LogP) is 2.61. The molecule has 4 rings (SSSR count). The molecule has 11 heteroatoms. The zero-order valence-corrected chi connectivity index (χ0v) is 15.8. The molecule has 0 amide bonds. The van der Waals surface area contributed by atoms with E-state index in [0.717, 1.165) is 5.56 Å². The quantitative estimate of drug-likeness (QED) is 0.365. The van der Waals surface area contributed by atoms with Crippen LogP contribution < -0.4 is 15.3 Å². The number of ether oxygens (including phenoxy) is 2. The van der Waals surface area contributed by atoms with Crippen LogP contribution in [-0.2, 0) is 5.75 Å². The van der Waals surface area contributed by atoms with Gasteiger partial charge >= 0.3 is 0 Å². The van der Waals surface area contributed by atoms with E-state index < -0.39 is 0 Å². The van der Waals surface area contributed by atoms with E-state index in [-0.39, 0.29) is 0 Å². The molecule has 0 unspecified atom stereocenters. The molecular formula is C17H16N6O4S. The van der Waals surface area contributed by atoms with Gasteiger partial charge in [0.25, 0.3) is 0 Å². The van der Waals surface area contributed by atoms with Gasteiger partial charge in [-0.2, -0.15) is 4.98 Å². The van der Waals surface area contributed by atoms with Crippen LogP contribution in [0.15, 0.2) is 50.7 Å². The Morgan fingerprint density at radius 2 is 2.00 bits per heavy atom. The van der Waals surface area contributed by atoms with E-state index in [0.29, 0.717) is 45.7 Å². The van der Waals surface area contributed by atoms with Crippen LogP contribution in [-0.4, -0.2) is 39.2 Å². The van der Waals surface area contributed by atoms with Crippen LogP contribution >= 0.6 is 11.8 Å². The summed E-state index contributed by atoms with van der Waals surface area (Å²) in [7, 11) is 3.15. The molecule has 0 saturated carbocycles. The Bertz CT molecular complexity index is 1080. The van der Waals surface area contributed by atoms with E-state index >= 15 is 0 Å². The van der Waals surface area contributed by atoms with Crippen LogP contribution in [0.1, 0.15) is 5.89 Å². The zero-order chi connectivity index (χ0) is 19.5. The molecule has 2 N–H and O–H groups in total. The molecule has 0 bridgehead atoms. The van der Waals surface area contributed by atoms with Crippen molar-refractivity contribution in [3.8, 4) is 34.5 Å². The van der Waals surface area contributed by atoms with Crippen molar-refractivity contribution in [2.45, 2.75) is 10.9 Å². The van der Waals surface area contributed by atoms with E-state index in [1.807, 2.05) is 6.07 Å². The molecule has 0 aliphatic rings. The van der Waals surface area contributed by atoms with E-state index in [1.165, 1.54) is 16.4 Å². The monoisotopic (exact) mass is 400 g/mol. The molecule has 1 aromatic carbocycles. The normalized spacial score (nSPS) is 10.9. The summed E-state index contributed by atoms with van der Waals surface area (Å²) in [5.41, 5.74) is 0.750. The van der Waals surface area contributed by atoms with Gasteiger partial charge in [-0.3, -0.25) is 0 Å². The first-order chi connectivity index (χ1) is 13.7. The maximum atomic E-state index is 6.03. The molecule has 3 heterocycles. The van der Waals surface area contributed by atoms with Crippen molar-refractivity contribution in [1.82, 2.24) is 25.0 Å². The molecule has 0 aliphatic carbocycles. The number of aromatic nitrogens is 5. The van der Waals surface area contributed by atoms with Crippen molar-refractivity contribution < 1.29 is 18.4 Å². The van der Waals surface area contributed by atoms with Crippen molar-refractivity contribution in [3.63, 3.8) is 0 Å². The summed E-state index contributed by atoms with van der Waals surface area (Å²) in [5.74, 6) is 9.47. The fourth-order valence-corrected chi connectivity index (χ4v) is 3.18. The smallest absolute Gasteiger partial charge is 0.237 e. The molecule has 4 aromatic rings. The molecule has 0 radical (unpaired) electrons. The number of furan rings is 1. The van der Waals surface area contributed by atoms with Crippen molar-refractivity contribution in [2.24, 2.45) is 0 Å². The minimum Gasteiger partial charge on any atom is -0.493 e. The Kier molecular flexibility index (Phi) is 4.89. The molecule has 0 saturated heterocycles. The Labute approximate surface area is 163 Å². The first kappa shape index (κ1) is 17.9. The highest BCUT2D eigenvalue weighted by Gasteiger charge is 2.17. The Hall–Kier alpha value is -3.47. The van der Waals surface area contributed by atoms with Gasteiger partial charge in [0.2, 0.25) is 22.7 Å². The summed E-state index contributed by atoms with van der Waals surface area (Å²) < 4.78 is 22.5. The number of hydrogen-bond donors (Lipinski definition) is 1. The molecule has 3 aromatic heterocycles. The molecule has 144 valence electrons. The van der Waals surface area contributed by atoms with E-state index in [4.69, 9.17) is 24.3 Å². The van der Waals surface area contributed by atoms with Crippen LogP contribution in [0.3, 0.4) is 0 Å². The Morgan fingerprint density at radius 1 is 1.14 bits per heavy atom. The number of methoxy groups -OCH3 is 2. The molecule has 0 atom stereocenters. The van der Waals surface area contributed by atoms with Gasteiger partial charge in [0.1, 0.15) is 0 Å². The summed E-state index contributed by atoms with van der Waals surface area (Å²) >= 11 is 1.32. The number of nitrogen functional groups attached to an aromatic ring is 1. The average molecular weight is 400 g/mol. The number of nitrogens with two attached hydrogens (primary N) is 1. The topological polar surface area (TPSA) is 127 Å². The maximum Gasteiger partial charge on any atom is 0.237 e. The SMILES string of the molecule is COc1ccc(-c2noc(CSc3nnc(-c4ccco4)n3N)n2)cc1OC. The van der Waals surface area contributed by atoms with E-state index in [2.05, 4.69) is 20.3 Å². The van der Waals surface area contributed by atoms with Crippen LogP contribution in [0.4, 0.5) is 0 Å². The second-order valence-electron chi connectivity index (χ2n) is 5.52. The molecular weight excluding hydrogens is 384 g/mol. The van der Waals surface area contributed by atoms with Gasteiger partial charge in [-0.25, -0.2) is 4.68 Å². The summed E-state index contributed by atoms with van der Waals surface area (Å²) in [6.07, 6.45) is 1.55. The third kappa shape index (κ3) is 3.39. The second kappa shape index (κ2) is 7.64. The second-order valence-corrected chi connectivity index (χ2v) is 6.47. The fraction of sp³-hybridized carbons (Fsp3) is 0.176. The summed E-state index contributed by atoms with van der Waals surface area (Å²) in [4.78, 5) is 4.40. The summed E-state index contributed by atoms with van der Waals surface area (Å²) in [6, 6.07) is 8.91. The number of thioether (sulfide) groups is 1. The Morgan fingerprint density at radius 3 is 2.75 bits per heavy atom. The summed E-state index contributed by atoms with van der Waals surface area (Å²) in [5, 5.41) is 12.6. The van der Waals surface area contributed by atoms with Gasteiger partial charge in [0.05, 0.1) is 26.2 Å². The summed E-state index contributed by atoms with van der Waals surface area (Å²) in [6.45, 7) is 0. The van der Waals surface area contributed by atoms with Crippen LogP contribution in [0, 0.1) is 0 Å². The molecule has 28 heavy (non-hydrogen) atoms. The molecule has 0 fully saturated rings. The lowest BCUT2D eigenvalue weighted by atomic mass is 10.2. The van der Waals surface area contributed by atoms with Crippen LogP contribution in [0.5, 0.6) is 11.5 Å². The highest BCUT2D eigenvalue weighted by atomic mass is 32.2. The van der Waals surface area contributed by atoms with Crippen molar-refractivity contribution >= 4 is 11.8 Å².